The van der Waals surface area contributed by atoms with E-state index in [0.29, 0.717) is 37.2 Å². The summed E-state index contributed by atoms with van der Waals surface area (Å²) in [6.07, 6.45) is 17.7. The molecule has 0 aliphatic rings. The molecule has 0 heterocycles. The lowest BCUT2D eigenvalue weighted by Gasteiger charge is -2.16. The molecule has 0 N–H and O–H groups in total. The molecule has 0 spiro atoms. The van der Waals surface area contributed by atoms with Gasteiger partial charge in [0.25, 0.3) is 0 Å². The summed E-state index contributed by atoms with van der Waals surface area (Å²) in [5.74, 6) is -0.107. The van der Waals surface area contributed by atoms with E-state index < -0.39 is 0 Å². The second-order valence-corrected chi connectivity index (χ2v) is 10.7. The highest BCUT2D eigenvalue weighted by Crippen LogP contribution is 2.23. The van der Waals surface area contributed by atoms with Gasteiger partial charge in [-0.1, -0.05) is 119 Å². The van der Waals surface area contributed by atoms with Crippen molar-refractivity contribution >= 4 is 11.9 Å². The van der Waals surface area contributed by atoms with E-state index in [1.807, 2.05) is 27.7 Å². The molecular formula is C30H56O4. The predicted molar refractivity (Wildman–Crippen MR) is 144 cm³/mol. The largest absolute Gasteiger partial charge is 0.462 e. The van der Waals surface area contributed by atoms with Gasteiger partial charge >= 0.3 is 11.9 Å². The molecule has 0 aromatic heterocycles. The molecule has 4 heteroatoms. The smallest absolute Gasteiger partial charge is 0.334 e. The maximum absolute atomic E-state index is 13.1. The molecule has 0 unspecified atom stereocenters. The third-order valence-corrected chi connectivity index (χ3v) is 6.01. The fourth-order valence-electron chi connectivity index (χ4n) is 3.93. The average molecular weight is 481 g/mol. The number of carbonyl (C=O) groups is 2. The van der Waals surface area contributed by atoms with Crippen molar-refractivity contribution in [1.29, 1.82) is 0 Å². The van der Waals surface area contributed by atoms with Gasteiger partial charge in [0.1, 0.15) is 0 Å². The first-order valence-corrected chi connectivity index (χ1v) is 14.4. The first-order chi connectivity index (χ1) is 16.3. The van der Waals surface area contributed by atoms with Crippen LogP contribution < -0.4 is 0 Å². The molecule has 0 saturated heterocycles. The molecule has 0 atom stereocenters. The minimum atomic E-state index is -0.321. The number of rotatable bonds is 22. The first-order valence-electron chi connectivity index (χ1n) is 14.4. The van der Waals surface area contributed by atoms with Crippen LogP contribution in [0.4, 0.5) is 0 Å². The Bertz CT molecular complexity index is 548. The van der Waals surface area contributed by atoms with Gasteiger partial charge in [0.2, 0.25) is 0 Å². The van der Waals surface area contributed by atoms with Crippen LogP contribution in [0.15, 0.2) is 11.1 Å². The second-order valence-electron chi connectivity index (χ2n) is 10.7. The lowest BCUT2D eigenvalue weighted by molar-refractivity contribution is -0.143. The molecular weight excluding hydrogens is 424 g/mol. The van der Waals surface area contributed by atoms with Crippen LogP contribution in [-0.2, 0) is 19.1 Å². The first kappa shape index (κ1) is 32.7. The molecule has 0 amide bonds. The Morgan fingerprint density at radius 2 is 0.794 bits per heavy atom. The fourth-order valence-corrected chi connectivity index (χ4v) is 3.93. The van der Waals surface area contributed by atoms with Crippen molar-refractivity contribution < 1.29 is 19.1 Å². The van der Waals surface area contributed by atoms with E-state index in [0.717, 1.165) is 25.7 Å². The van der Waals surface area contributed by atoms with E-state index in [9.17, 15) is 9.59 Å². The maximum Gasteiger partial charge on any atom is 0.334 e. The lowest BCUT2D eigenvalue weighted by atomic mass is 9.96. The molecule has 0 saturated carbocycles. The number of esters is 2. The molecule has 34 heavy (non-hydrogen) atoms. The average Bonchev–Trinajstić information content (AvgIpc) is 2.80. The van der Waals surface area contributed by atoms with Crippen molar-refractivity contribution in [3.8, 4) is 0 Å². The van der Waals surface area contributed by atoms with Gasteiger partial charge in [0.15, 0.2) is 0 Å². The Balaban J connectivity index is 5.27. The Labute approximate surface area is 211 Å². The fraction of sp³-hybridized carbons (Fsp3) is 0.867. The van der Waals surface area contributed by atoms with Crippen LogP contribution in [0, 0.1) is 11.8 Å². The van der Waals surface area contributed by atoms with Crippen LogP contribution in [0.1, 0.15) is 144 Å². The van der Waals surface area contributed by atoms with Crippen molar-refractivity contribution in [2.24, 2.45) is 11.8 Å². The number of unbranched alkanes of at least 4 members (excludes halogenated alkanes) is 12. The number of carbonyl (C=O) groups excluding carboxylic acids is 2. The second kappa shape index (κ2) is 22.2. The summed E-state index contributed by atoms with van der Waals surface area (Å²) >= 11 is 0. The highest BCUT2D eigenvalue weighted by atomic mass is 16.5. The number of hydrogen-bond donors (Lipinski definition) is 0. The van der Waals surface area contributed by atoms with E-state index in [1.54, 1.807) is 0 Å². The van der Waals surface area contributed by atoms with Gasteiger partial charge < -0.3 is 9.47 Å². The summed E-state index contributed by atoms with van der Waals surface area (Å²) in [4.78, 5) is 26.1. The minimum absolute atomic E-state index is 0.267. The summed E-state index contributed by atoms with van der Waals surface area (Å²) in [5.41, 5.74) is 1.13. The van der Waals surface area contributed by atoms with E-state index >= 15 is 0 Å². The SMILES string of the molecule is CCCCCCCCCCC(C(=O)OCC(C)C)=C(CCCCCCCC)C(=O)OCC(C)C. The van der Waals surface area contributed by atoms with Crippen LogP contribution in [0.3, 0.4) is 0 Å². The molecule has 0 aromatic carbocycles. The molecule has 0 aliphatic carbocycles. The topological polar surface area (TPSA) is 52.6 Å². The maximum atomic E-state index is 13.1. The minimum Gasteiger partial charge on any atom is -0.462 e. The van der Waals surface area contributed by atoms with Crippen molar-refractivity contribution in [3.63, 3.8) is 0 Å². The molecule has 0 fully saturated rings. The highest BCUT2D eigenvalue weighted by molar-refractivity contribution is 6.00. The highest BCUT2D eigenvalue weighted by Gasteiger charge is 2.23. The van der Waals surface area contributed by atoms with Crippen LogP contribution >= 0.6 is 0 Å². The Kier molecular flexibility index (Phi) is 21.3. The van der Waals surface area contributed by atoms with E-state index in [4.69, 9.17) is 9.47 Å². The van der Waals surface area contributed by atoms with Crippen LogP contribution in [0.25, 0.3) is 0 Å². The summed E-state index contributed by atoms with van der Waals surface area (Å²) in [6.45, 7) is 13.3. The monoisotopic (exact) mass is 480 g/mol. The van der Waals surface area contributed by atoms with Crippen LogP contribution in [0.5, 0.6) is 0 Å². The Morgan fingerprint density at radius 3 is 1.09 bits per heavy atom. The van der Waals surface area contributed by atoms with Crippen LogP contribution in [-0.4, -0.2) is 25.2 Å². The third-order valence-electron chi connectivity index (χ3n) is 6.01. The normalized spacial score (nSPS) is 12.2. The standard InChI is InChI=1S/C30H56O4/c1-7-9-11-13-15-16-18-20-22-28(30(32)34-24-26(5)6)27(29(31)33-23-25(3)4)21-19-17-14-12-10-8-2/h25-26H,7-24H2,1-6H3. The quantitative estimate of drug-likeness (QED) is 0.0881. The predicted octanol–water partition coefficient (Wildman–Crippen LogP) is 8.96. The van der Waals surface area contributed by atoms with Gasteiger partial charge in [0.05, 0.1) is 13.2 Å². The molecule has 0 aliphatic heterocycles. The summed E-state index contributed by atoms with van der Waals surface area (Å²) in [7, 11) is 0. The van der Waals surface area contributed by atoms with E-state index in [1.165, 1.54) is 64.2 Å². The van der Waals surface area contributed by atoms with Crippen molar-refractivity contribution in [2.45, 2.75) is 144 Å². The summed E-state index contributed by atoms with van der Waals surface area (Å²) < 4.78 is 11.2. The summed E-state index contributed by atoms with van der Waals surface area (Å²) in [6, 6.07) is 0. The molecule has 200 valence electrons. The van der Waals surface area contributed by atoms with Gasteiger partial charge in [-0.15, -0.1) is 0 Å². The van der Waals surface area contributed by atoms with E-state index in [2.05, 4.69) is 13.8 Å². The zero-order valence-electron chi connectivity index (χ0n) is 23.5. The van der Waals surface area contributed by atoms with Gasteiger partial charge in [-0.25, -0.2) is 9.59 Å². The molecule has 0 rings (SSSR count). The van der Waals surface area contributed by atoms with Gasteiger partial charge in [0, 0.05) is 11.1 Å². The zero-order valence-corrected chi connectivity index (χ0v) is 23.5. The third kappa shape index (κ3) is 18.1. The molecule has 0 bridgehead atoms. The van der Waals surface area contributed by atoms with Crippen molar-refractivity contribution in [2.75, 3.05) is 13.2 Å². The summed E-state index contributed by atoms with van der Waals surface area (Å²) in [5, 5.41) is 0. The molecule has 4 nitrogen and oxygen atoms in total. The van der Waals surface area contributed by atoms with Crippen molar-refractivity contribution in [3.05, 3.63) is 11.1 Å². The van der Waals surface area contributed by atoms with Crippen molar-refractivity contribution in [1.82, 2.24) is 0 Å². The van der Waals surface area contributed by atoms with Gasteiger partial charge in [-0.05, 0) is 37.5 Å². The number of ether oxygens (including phenoxy) is 2. The van der Waals surface area contributed by atoms with E-state index in [-0.39, 0.29) is 23.8 Å². The van der Waals surface area contributed by atoms with Crippen LogP contribution in [0.2, 0.25) is 0 Å². The van der Waals surface area contributed by atoms with Gasteiger partial charge in [-0.3, -0.25) is 0 Å². The lowest BCUT2D eigenvalue weighted by Crippen LogP contribution is -2.20. The number of hydrogen-bond acceptors (Lipinski definition) is 4. The Morgan fingerprint density at radius 1 is 0.500 bits per heavy atom. The zero-order chi connectivity index (χ0) is 25.6. The van der Waals surface area contributed by atoms with Gasteiger partial charge in [-0.2, -0.15) is 0 Å². The Hall–Kier alpha value is -1.32. The molecule has 0 radical (unpaired) electrons. The molecule has 0 aromatic rings.